The van der Waals surface area contributed by atoms with Crippen molar-refractivity contribution in [2.75, 3.05) is 32.7 Å². The SMILES string of the molecule is CCN1C[C@H](c2ccccc2)CC2(CCN(Cc3c(C)noc3C)CC2)C1. The van der Waals surface area contributed by atoms with Crippen LogP contribution in [0.2, 0.25) is 0 Å². The van der Waals surface area contributed by atoms with Crippen LogP contribution in [0.15, 0.2) is 34.9 Å². The normalized spacial score (nSPS) is 23.7. The molecule has 1 spiro atoms. The standard InChI is InChI=1S/C23H33N3O/c1-4-25-15-21(20-8-6-5-7-9-20)14-23(17-25)10-12-26(13-11-23)16-22-18(2)24-27-19(22)3/h5-9,21H,4,10-17H2,1-3H3/t21-/m1/s1. The number of benzene rings is 1. The van der Waals surface area contributed by atoms with Gasteiger partial charge in [-0.1, -0.05) is 42.4 Å². The Kier molecular flexibility index (Phi) is 5.38. The van der Waals surface area contributed by atoms with Crippen molar-refractivity contribution in [2.45, 2.75) is 52.5 Å². The first kappa shape index (κ1) is 18.7. The van der Waals surface area contributed by atoms with E-state index in [4.69, 9.17) is 4.52 Å². The van der Waals surface area contributed by atoms with Gasteiger partial charge in [-0.25, -0.2) is 0 Å². The molecule has 4 rings (SSSR count). The van der Waals surface area contributed by atoms with Crippen LogP contribution in [0.25, 0.3) is 0 Å². The van der Waals surface area contributed by atoms with Gasteiger partial charge in [-0.05, 0) is 69.6 Å². The van der Waals surface area contributed by atoms with Gasteiger partial charge >= 0.3 is 0 Å². The Morgan fingerprint density at radius 2 is 1.85 bits per heavy atom. The molecule has 3 heterocycles. The highest BCUT2D eigenvalue weighted by Gasteiger charge is 2.41. The van der Waals surface area contributed by atoms with Crippen molar-refractivity contribution in [1.82, 2.24) is 15.0 Å². The molecule has 0 N–H and O–H groups in total. The Hall–Kier alpha value is -1.65. The Labute approximate surface area is 163 Å². The van der Waals surface area contributed by atoms with E-state index in [1.54, 1.807) is 0 Å². The van der Waals surface area contributed by atoms with E-state index in [1.165, 1.54) is 56.6 Å². The molecule has 1 aromatic heterocycles. The molecule has 1 atom stereocenters. The maximum atomic E-state index is 5.35. The van der Waals surface area contributed by atoms with E-state index in [1.807, 2.05) is 6.92 Å². The third kappa shape index (κ3) is 3.97. The summed E-state index contributed by atoms with van der Waals surface area (Å²) >= 11 is 0. The minimum absolute atomic E-state index is 0.476. The molecule has 4 heteroatoms. The number of aryl methyl sites for hydroxylation is 2. The van der Waals surface area contributed by atoms with Crippen molar-refractivity contribution >= 4 is 0 Å². The number of hydrogen-bond donors (Lipinski definition) is 0. The van der Waals surface area contributed by atoms with Crippen LogP contribution in [0.4, 0.5) is 0 Å². The van der Waals surface area contributed by atoms with Crippen LogP contribution in [0.3, 0.4) is 0 Å². The maximum absolute atomic E-state index is 5.35. The molecule has 0 bridgehead atoms. The van der Waals surface area contributed by atoms with Crippen LogP contribution in [-0.4, -0.2) is 47.7 Å². The zero-order chi connectivity index (χ0) is 18.9. The molecule has 1 aromatic carbocycles. The van der Waals surface area contributed by atoms with Crippen LogP contribution in [-0.2, 0) is 6.54 Å². The molecule has 2 saturated heterocycles. The van der Waals surface area contributed by atoms with Crippen molar-refractivity contribution in [3.8, 4) is 0 Å². The quantitative estimate of drug-likeness (QED) is 0.803. The Morgan fingerprint density at radius 1 is 1.11 bits per heavy atom. The van der Waals surface area contributed by atoms with Gasteiger partial charge in [0, 0.05) is 25.2 Å². The molecule has 0 radical (unpaired) electrons. The smallest absolute Gasteiger partial charge is 0.138 e. The van der Waals surface area contributed by atoms with Gasteiger partial charge in [0.05, 0.1) is 5.69 Å². The third-order valence-corrected chi connectivity index (χ3v) is 6.91. The molecule has 0 amide bonds. The summed E-state index contributed by atoms with van der Waals surface area (Å²) in [6.07, 6.45) is 3.94. The Bertz CT molecular complexity index is 727. The highest BCUT2D eigenvalue weighted by molar-refractivity contribution is 5.22. The lowest BCUT2D eigenvalue weighted by atomic mass is 9.68. The first-order chi connectivity index (χ1) is 13.1. The number of hydrogen-bond acceptors (Lipinski definition) is 4. The highest BCUT2D eigenvalue weighted by atomic mass is 16.5. The second-order valence-corrected chi connectivity index (χ2v) is 8.72. The lowest BCUT2D eigenvalue weighted by Gasteiger charge is -2.50. The Morgan fingerprint density at radius 3 is 2.48 bits per heavy atom. The van der Waals surface area contributed by atoms with Gasteiger partial charge in [-0.3, -0.25) is 4.90 Å². The van der Waals surface area contributed by atoms with Gasteiger partial charge in [0.1, 0.15) is 5.76 Å². The monoisotopic (exact) mass is 367 g/mol. The van der Waals surface area contributed by atoms with Gasteiger partial charge in [-0.2, -0.15) is 0 Å². The van der Waals surface area contributed by atoms with Crippen molar-refractivity contribution in [2.24, 2.45) is 5.41 Å². The van der Waals surface area contributed by atoms with Crippen molar-refractivity contribution in [3.05, 3.63) is 52.9 Å². The van der Waals surface area contributed by atoms with E-state index in [-0.39, 0.29) is 0 Å². The van der Waals surface area contributed by atoms with E-state index in [0.29, 0.717) is 11.3 Å². The van der Waals surface area contributed by atoms with Gasteiger partial charge < -0.3 is 9.42 Å². The second kappa shape index (κ2) is 7.76. The summed E-state index contributed by atoms with van der Waals surface area (Å²) in [5.41, 5.74) is 4.33. The number of rotatable bonds is 4. The van der Waals surface area contributed by atoms with E-state index in [2.05, 4.69) is 59.1 Å². The fourth-order valence-corrected chi connectivity index (χ4v) is 5.19. The Balaban J connectivity index is 1.44. The van der Waals surface area contributed by atoms with Crippen LogP contribution in [0.1, 0.15) is 54.7 Å². The average molecular weight is 368 g/mol. The maximum Gasteiger partial charge on any atom is 0.138 e. The van der Waals surface area contributed by atoms with E-state index in [9.17, 15) is 0 Å². The minimum Gasteiger partial charge on any atom is -0.361 e. The molecular formula is C23H33N3O. The summed E-state index contributed by atoms with van der Waals surface area (Å²) < 4.78 is 5.35. The largest absolute Gasteiger partial charge is 0.361 e. The van der Waals surface area contributed by atoms with Gasteiger partial charge in [0.2, 0.25) is 0 Å². The fourth-order valence-electron chi connectivity index (χ4n) is 5.19. The summed E-state index contributed by atoms with van der Waals surface area (Å²) in [6, 6.07) is 11.2. The van der Waals surface area contributed by atoms with Gasteiger partial charge in [0.25, 0.3) is 0 Å². The molecule has 27 heavy (non-hydrogen) atoms. The van der Waals surface area contributed by atoms with Crippen molar-refractivity contribution in [3.63, 3.8) is 0 Å². The zero-order valence-corrected chi connectivity index (χ0v) is 17.1. The first-order valence-electron chi connectivity index (χ1n) is 10.5. The average Bonchev–Trinajstić information content (AvgIpc) is 3.02. The first-order valence-corrected chi connectivity index (χ1v) is 10.5. The number of likely N-dealkylation sites (tertiary alicyclic amines) is 2. The van der Waals surface area contributed by atoms with Crippen LogP contribution >= 0.6 is 0 Å². The molecule has 0 aliphatic carbocycles. The summed E-state index contributed by atoms with van der Waals surface area (Å²) in [4.78, 5) is 5.28. The highest BCUT2D eigenvalue weighted by Crippen LogP contribution is 2.45. The van der Waals surface area contributed by atoms with Gasteiger partial charge in [0.15, 0.2) is 0 Å². The second-order valence-electron chi connectivity index (χ2n) is 8.72. The number of aromatic nitrogens is 1. The molecule has 2 aromatic rings. The predicted molar refractivity (Wildman–Crippen MR) is 109 cm³/mol. The summed E-state index contributed by atoms with van der Waals surface area (Å²) in [7, 11) is 0. The third-order valence-electron chi connectivity index (χ3n) is 6.91. The number of nitrogens with zero attached hydrogens (tertiary/aromatic N) is 3. The van der Waals surface area contributed by atoms with Crippen LogP contribution in [0, 0.1) is 19.3 Å². The number of piperidine rings is 2. The van der Waals surface area contributed by atoms with E-state index < -0.39 is 0 Å². The molecule has 2 aliphatic heterocycles. The molecule has 2 aliphatic rings. The van der Waals surface area contributed by atoms with Gasteiger partial charge in [-0.15, -0.1) is 0 Å². The van der Waals surface area contributed by atoms with Crippen LogP contribution < -0.4 is 0 Å². The minimum atomic E-state index is 0.476. The number of likely N-dealkylation sites (N-methyl/N-ethyl adjacent to an activating group) is 1. The molecule has 0 unspecified atom stereocenters. The predicted octanol–water partition coefficient (Wildman–Crippen LogP) is 4.38. The van der Waals surface area contributed by atoms with Crippen molar-refractivity contribution < 1.29 is 4.52 Å². The van der Waals surface area contributed by atoms with Crippen LogP contribution in [0.5, 0.6) is 0 Å². The molecule has 0 saturated carbocycles. The molecule has 2 fully saturated rings. The molecule has 4 nitrogen and oxygen atoms in total. The fraction of sp³-hybridized carbons (Fsp3) is 0.609. The zero-order valence-electron chi connectivity index (χ0n) is 17.1. The lowest BCUT2D eigenvalue weighted by molar-refractivity contribution is 0.0136. The summed E-state index contributed by atoms with van der Waals surface area (Å²) in [5.74, 6) is 1.65. The summed E-state index contributed by atoms with van der Waals surface area (Å²) in [5, 5.41) is 4.12. The van der Waals surface area contributed by atoms with E-state index in [0.717, 1.165) is 24.5 Å². The summed E-state index contributed by atoms with van der Waals surface area (Å²) in [6.45, 7) is 13.4. The molecular weight excluding hydrogens is 334 g/mol. The molecule has 146 valence electrons. The topological polar surface area (TPSA) is 32.5 Å². The lowest BCUT2D eigenvalue weighted by Crippen LogP contribution is -2.51. The van der Waals surface area contributed by atoms with E-state index >= 15 is 0 Å². The van der Waals surface area contributed by atoms with Crippen molar-refractivity contribution in [1.29, 1.82) is 0 Å².